The van der Waals surface area contributed by atoms with Gasteiger partial charge in [-0.15, -0.1) is 12.4 Å². The average Bonchev–Trinajstić information content (AvgIpc) is 2.73. The zero-order valence-electron chi connectivity index (χ0n) is 16.4. The first-order valence-electron chi connectivity index (χ1n) is 9.55. The summed E-state index contributed by atoms with van der Waals surface area (Å²) < 4.78 is 11.4. The monoisotopic (exact) mass is 405 g/mol. The molecule has 2 heterocycles. The number of rotatable bonds is 7. The van der Waals surface area contributed by atoms with E-state index in [2.05, 4.69) is 17.2 Å². The number of nitrogens with zero attached hydrogens (tertiary/aromatic N) is 2. The second-order valence-electron chi connectivity index (χ2n) is 6.45. The predicted octanol–water partition coefficient (Wildman–Crippen LogP) is 3.48. The van der Waals surface area contributed by atoms with E-state index in [0.29, 0.717) is 43.4 Å². The highest BCUT2D eigenvalue weighted by Gasteiger charge is 2.29. The van der Waals surface area contributed by atoms with Gasteiger partial charge in [-0.3, -0.25) is 9.78 Å². The van der Waals surface area contributed by atoms with Crippen molar-refractivity contribution in [1.29, 1.82) is 0 Å². The predicted molar refractivity (Wildman–Crippen MR) is 112 cm³/mol. The van der Waals surface area contributed by atoms with Gasteiger partial charge in [-0.05, 0) is 43.2 Å². The lowest BCUT2D eigenvalue weighted by Gasteiger charge is -2.36. The van der Waals surface area contributed by atoms with Crippen LogP contribution in [-0.4, -0.2) is 48.6 Å². The Kier molecular flexibility index (Phi) is 8.54. The Hall–Kier alpha value is -2.31. The zero-order chi connectivity index (χ0) is 19.1. The number of halogens is 1. The van der Waals surface area contributed by atoms with Crippen LogP contribution in [0.1, 0.15) is 42.2 Å². The van der Waals surface area contributed by atoms with Gasteiger partial charge in [0.25, 0.3) is 5.91 Å². The molecule has 0 bridgehead atoms. The molecule has 1 N–H and O–H groups in total. The molecule has 2 aromatic rings. The van der Waals surface area contributed by atoms with E-state index in [1.54, 1.807) is 12.3 Å². The fraction of sp³-hybridized carbons (Fsp3) is 0.429. The average molecular weight is 406 g/mol. The van der Waals surface area contributed by atoms with Crippen LogP contribution in [0.4, 0.5) is 0 Å². The largest absolute Gasteiger partial charge is 0.490 e. The Morgan fingerprint density at radius 3 is 2.82 bits per heavy atom. The summed E-state index contributed by atoms with van der Waals surface area (Å²) in [6, 6.07) is 9.32. The summed E-state index contributed by atoms with van der Waals surface area (Å²) in [5.74, 6) is 1.29. The third-order valence-electron chi connectivity index (χ3n) is 4.53. The SMILES string of the molecule is CCCOc1ccc(C(=O)N2CCNCC2c2cccnc2)cc1OCC.Cl. The van der Waals surface area contributed by atoms with E-state index in [-0.39, 0.29) is 24.4 Å². The number of hydrogen-bond acceptors (Lipinski definition) is 5. The van der Waals surface area contributed by atoms with Gasteiger partial charge in [0.15, 0.2) is 11.5 Å². The molecule has 1 aromatic carbocycles. The summed E-state index contributed by atoms with van der Waals surface area (Å²) in [7, 11) is 0. The van der Waals surface area contributed by atoms with Gasteiger partial charge < -0.3 is 19.7 Å². The molecule has 0 aliphatic carbocycles. The number of ether oxygens (including phenoxy) is 2. The normalized spacial score (nSPS) is 16.2. The molecule has 3 rings (SSSR count). The number of aromatic nitrogens is 1. The molecule has 0 radical (unpaired) electrons. The van der Waals surface area contributed by atoms with Crippen LogP contribution in [0.3, 0.4) is 0 Å². The smallest absolute Gasteiger partial charge is 0.254 e. The molecule has 1 atom stereocenters. The first-order chi connectivity index (χ1) is 13.2. The fourth-order valence-electron chi connectivity index (χ4n) is 3.22. The van der Waals surface area contributed by atoms with Crippen LogP contribution in [0.5, 0.6) is 11.5 Å². The van der Waals surface area contributed by atoms with Crippen LogP contribution < -0.4 is 14.8 Å². The maximum absolute atomic E-state index is 13.2. The van der Waals surface area contributed by atoms with Gasteiger partial charge in [-0.1, -0.05) is 13.0 Å². The van der Waals surface area contributed by atoms with Crippen LogP contribution in [0.25, 0.3) is 0 Å². The molecule has 1 aliphatic rings. The quantitative estimate of drug-likeness (QED) is 0.764. The van der Waals surface area contributed by atoms with E-state index in [4.69, 9.17) is 9.47 Å². The van der Waals surface area contributed by atoms with E-state index in [9.17, 15) is 4.79 Å². The van der Waals surface area contributed by atoms with Gasteiger partial charge in [0.05, 0.1) is 19.3 Å². The molecule has 7 heteroatoms. The lowest BCUT2D eigenvalue weighted by Crippen LogP contribution is -2.48. The number of benzene rings is 1. The number of carbonyl (C=O) groups excluding carboxylic acids is 1. The van der Waals surface area contributed by atoms with Gasteiger partial charge in [-0.2, -0.15) is 0 Å². The lowest BCUT2D eigenvalue weighted by atomic mass is 10.0. The molecule has 1 aliphatic heterocycles. The lowest BCUT2D eigenvalue weighted by molar-refractivity contribution is 0.0633. The van der Waals surface area contributed by atoms with E-state index < -0.39 is 0 Å². The number of piperazine rings is 1. The highest BCUT2D eigenvalue weighted by Crippen LogP contribution is 2.31. The fourth-order valence-corrected chi connectivity index (χ4v) is 3.22. The first-order valence-corrected chi connectivity index (χ1v) is 9.55. The van der Waals surface area contributed by atoms with Crippen LogP contribution in [-0.2, 0) is 0 Å². The first kappa shape index (κ1) is 22.0. The van der Waals surface area contributed by atoms with Crippen LogP contribution in [0.15, 0.2) is 42.7 Å². The van der Waals surface area contributed by atoms with Crippen LogP contribution in [0.2, 0.25) is 0 Å². The van der Waals surface area contributed by atoms with Crippen LogP contribution in [0, 0.1) is 0 Å². The molecule has 1 saturated heterocycles. The minimum absolute atomic E-state index is 0. The molecule has 1 aromatic heterocycles. The van der Waals surface area contributed by atoms with Crippen molar-refractivity contribution in [1.82, 2.24) is 15.2 Å². The van der Waals surface area contributed by atoms with Gasteiger partial charge in [0.1, 0.15) is 0 Å². The number of carbonyl (C=O) groups is 1. The van der Waals surface area contributed by atoms with Crippen molar-refractivity contribution in [3.8, 4) is 11.5 Å². The summed E-state index contributed by atoms with van der Waals surface area (Å²) >= 11 is 0. The van der Waals surface area contributed by atoms with Crippen molar-refractivity contribution in [2.75, 3.05) is 32.8 Å². The van der Waals surface area contributed by atoms with E-state index in [0.717, 1.165) is 18.5 Å². The van der Waals surface area contributed by atoms with Crippen molar-refractivity contribution in [3.05, 3.63) is 53.9 Å². The van der Waals surface area contributed by atoms with Crippen molar-refractivity contribution in [2.45, 2.75) is 26.3 Å². The highest BCUT2D eigenvalue weighted by molar-refractivity contribution is 5.95. The Morgan fingerprint density at radius 1 is 1.25 bits per heavy atom. The molecular weight excluding hydrogens is 378 g/mol. The Morgan fingerprint density at radius 2 is 2.11 bits per heavy atom. The second kappa shape index (κ2) is 10.9. The molecule has 6 nitrogen and oxygen atoms in total. The number of nitrogens with one attached hydrogen (secondary N) is 1. The molecule has 152 valence electrons. The molecule has 0 spiro atoms. The standard InChI is InChI=1S/C21H27N3O3.ClH/c1-3-12-27-19-8-7-16(13-20(19)26-4-2)21(25)24-11-10-23-15-18(24)17-6-5-9-22-14-17;/h5-9,13-14,18,23H,3-4,10-12,15H2,1-2H3;1H. The summed E-state index contributed by atoms with van der Waals surface area (Å²) in [6.07, 6.45) is 4.49. The number of pyridine rings is 1. The molecule has 28 heavy (non-hydrogen) atoms. The highest BCUT2D eigenvalue weighted by atomic mass is 35.5. The minimum atomic E-state index is -0.0356. The molecular formula is C21H28ClN3O3. The van der Waals surface area contributed by atoms with Crippen molar-refractivity contribution < 1.29 is 14.3 Å². The molecule has 1 amide bonds. The maximum Gasteiger partial charge on any atom is 0.254 e. The van der Waals surface area contributed by atoms with E-state index in [1.807, 2.05) is 42.3 Å². The molecule has 1 unspecified atom stereocenters. The van der Waals surface area contributed by atoms with Gasteiger partial charge in [0, 0.05) is 37.6 Å². The summed E-state index contributed by atoms with van der Waals surface area (Å²) in [5.41, 5.74) is 1.64. The summed E-state index contributed by atoms with van der Waals surface area (Å²) in [6.45, 7) is 7.26. The van der Waals surface area contributed by atoms with Crippen molar-refractivity contribution >= 4 is 18.3 Å². The third kappa shape index (κ3) is 5.14. The van der Waals surface area contributed by atoms with Gasteiger partial charge in [-0.25, -0.2) is 0 Å². The number of hydrogen-bond donors (Lipinski definition) is 1. The van der Waals surface area contributed by atoms with Gasteiger partial charge >= 0.3 is 0 Å². The van der Waals surface area contributed by atoms with Crippen molar-refractivity contribution in [2.24, 2.45) is 0 Å². The second-order valence-corrected chi connectivity index (χ2v) is 6.45. The third-order valence-corrected chi connectivity index (χ3v) is 4.53. The summed E-state index contributed by atoms with van der Waals surface area (Å²) in [4.78, 5) is 19.4. The summed E-state index contributed by atoms with van der Waals surface area (Å²) in [5, 5.41) is 3.37. The Labute approximate surface area is 172 Å². The minimum Gasteiger partial charge on any atom is -0.490 e. The van der Waals surface area contributed by atoms with Gasteiger partial charge in [0.2, 0.25) is 0 Å². The topological polar surface area (TPSA) is 63.7 Å². The maximum atomic E-state index is 13.2. The van der Waals surface area contributed by atoms with E-state index in [1.165, 1.54) is 0 Å². The molecule has 1 fully saturated rings. The van der Waals surface area contributed by atoms with E-state index >= 15 is 0 Å². The Balaban J connectivity index is 0.00000280. The van der Waals surface area contributed by atoms with Crippen LogP contribution >= 0.6 is 12.4 Å². The zero-order valence-corrected chi connectivity index (χ0v) is 17.2. The Bertz CT molecular complexity index is 758. The molecule has 0 saturated carbocycles. The van der Waals surface area contributed by atoms with Crippen molar-refractivity contribution in [3.63, 3.8) is 0 Å². The number of amides is 1.